The molecule has 0 radical (unpaired) electrons. The van der Waals surface area contributed by atoms with E-state index in [-0.39, 0.29) is 40.2 Å². The molecule has 174 valence electrons. The van der Waals surface area contributed by atoms with Crippen molar-refractivity contribution in [3.63, 3.8) is 0 Å². The second kappa shape index (κ2) is 10.6. The van der Waals surface area contributed by atoms with E-state index in [9.17, 15) is 18.0 Å². The lowest BCUT2D eigenvalue weighted by Gasteiger charge is -2.19. The molecular weight excluding hydrogens is 466 g/mol. The van der Waals surface area contributed by atoms with E-state index >= 15 is 0 Å². The van der Waals surface area contributed by atoms with Crippen molar-refractivity contribution < 1.29 is 27.5 Å². The van der Waals surface area contributed by atoms with E-state index in [0.29, 0.717) is 0 Å². The van der Waals surface area contributed by atoms with Crippen molar-refractivity contribution in [3.8, 4) is 5.75 Å². The van der Waals surface area contributed by atoms with Gasteiger partial charge < -0.3 is 9.47 Å². The lowest BCUT2D eigenvalue weighted by Crippen LogP contribution is -2.27. The fraction of sp³-hybridized carbons (Fsp3) is 0.227. The van der Waals surface area contributed by atoms with E-state index in [2.05, 4.69) is 10.3 Å². The van der Waals surface area contributed by atoms with Gasteiger partial charge in [-0.05, 0) is 30.7 Å². The quantitative estimate of drug-likeness (QED) is 0.458. The molecule has 1 N–H and O–H groups in total. The average molecular weight is 490 g/mol. The van der Waals surface area contributed by atoms with Gasteiger partial charge in [-0.1, -0.05) is 30.3 Å². The van der Waals surface area contributed by atoms with Crippen molar-refractivity contribution in [1.29, 1.82) is 0 Å². The zero-order chi connectivity index (χ0) is 24.0. The molecule has 3 rings (SSSR count). The van der Waals surface area contributed by atoms with Crippen molar-refractivity contribution >= 4 is 38.4 Å². The van der Waals surface area contributed by atoms with Crippen LogP contribution in [0.1, 0.15) is 33.3 Å². The van der Waals surface area contributed by atoms with Crippen molar-refractivity contribution in [2.45, 2.75) is 18.4 Å². The van der Waals surface area contributed by atoms with Crippen LogP contribution in [0.25, 0.3) is 0 Å². The number of sulfonamides is 1. The second-order valence-electron chi connectivity index (χ2n) is 6.82. The molecule has 0 spiro atoms. The van der Waals surface area contributed by atoms with Gasteiger partial charge in [-0.15, -0.1) is 11.3 Å². The maximum Gasteiger partial charge on any atom is 0.357 e. The molecule has 0 saturated carbocycles. The number of thiazole rings is 1. The van der Waals surface area contributed by atoms with Crippen LogP contribution < -0.4 is 10.1 Å². The topological polar surface area (TPSA) is 115 Å². The van der Waals surface area contributed by atoms with Gasteiger partial charge in [0.15, 0.2) is 10.8 Å². The van der Waals surface area contributed by atoms with E-state index in [1.54, 1.807) is 6.92 Å². The van der Waals surface area contributed by atoms with Crippen LogP contribution in [0, 0.1) is 0 Å². The van der Waals surface area contributed by atoms with Crippen LogP contribution in [-0.4, -0.2) is 50.3 Å². The summed E-state index contributed by atoms with van der Waals surface area (Å²) < 4.78 is 37.8. The van der Waals surface area contributed by atoms with E-state index in [1.165, 1.54) is 42.0 Å². The van der Waals surface area contributed by atoms with E-state index < -0.39 is 21.9 Å². The molecule has 0 aliphatic carbocycles. The van der Waals surface area contributed by atoms with Gasteiger partial charge in [0.25, 0.3) is 5.91 Å². The minimum Gasteiger partial charge on any atom is -0.495 e. The molecule has 1 heterocycles. The van der Waals surface area contributed by atoms with Gasteiger partial charge in [-0.25, -0.2) is 18.2 Å². The summed E-state index contributed by atoms with van der Waals surface area (Å²) >= 11 is 1.06. The zero-order valence-corrected chi connectivity index (χ0v) is 19.9. The van der Waals surface area contributed by atoms with Crippen LogP contribution in [0.3, 0.4) is 0 Å². The molecule has 0 saturated heterocycles. The zero-order valence-electron chi connectivity index (χ0n) is 18.3. The maximum absolute atomic E-state index is 13.2. The van der Waals surface area contributed by atoms with Crippen molar-refractivity contribution in [3.05, 3.63) is 70.7 Å². The van der Waals surface area contributed by atoms with Gasteiger partial charge in [0, 0.05) is 24.5 Å². The number of nitrogens with zero attached hydrogens (tertiary/aromatic N) is 2. The molecule has 0 fully saturated rings. The maximum atomic E-state index is 13.2. The van der Waals surface area contributed by atoms with Crippen LogP contribution in [0.5, 0.6) is 5.75 Å². The van der Waals surface area contributed by atoms with Crippen molar-refractivity contribution in [2.24, 2.45) is 0 Å². The lowest BCUT2D eigenvalue weighted by molar-refractivity contribution is 0.0520. The molecule has 1 amide bonds. The standard InChI is InChI=1S/C22H23N3O6S2/c1-4-31-21(27)17-14-32-22(23-17)24-20(26)16-10-11-18(30-3)19(12-16)33(28,29)25(2)13-15-8-6-5-7-9-15/h5-12,14H,4,13H2,1-3H3,(H,23,24,26). The molecule has 0 aliphatic heterocycles. The summed E-state index contributed by atoms with van der Waals surface area (Å²) in [6.45, 7) is 2.04. The number of anilines is 1. The number of aromatic nitrogens is 1. The monoisotopic (exact) mass is 489 g/mol. The van der Waals surface area contributed by atoms with E-state index in [1.807, 2.05) is 30.3 Å². The van der Waals surface area contributed by atoms with Gasteiger partial charge in [-0.2, -0.15) is 4.31 Å². The largest absolute Gasteiger partial charge is 0.495 e. The third kappa shape index (κ3) is 5.75. The van der Waals surface area contributed by atoms with Crippen molar-refractivity contribution in [2.75, 3.05) is 26.1 Å². The molecule has 1 aromatic heterocycles. The summed E-state index contributed by atoms with van der Waals surface area (Å²) in [5.41, 5.74) is 0.991. The third-order valence-electron chi connectivity index (χ3n) is 4.57. The number of carbonyl (C=O) groups excluding carboxylic acids is 2. The Balaban J connectivity index is 1.84. The smallest absolute Gasteiger partial charge is 0.357 e. The molecule has 0 atom stereocenters. The van der Waals surface area contributed by atoms with Gasteiger partial charge in [0.1, 0.15) is 10.6 Å². The Morgan fingerprint density at radius 1 is 1.15 bits per heavy atom. The second-order valence-corrected chi connectivity index (χ2v) is 9.70. The van der Waals surface area contributed by atoms with Gasteiger partial charge in [0.2, 0.25) is 10.0 Å². The normalized spacial score (nSPS) is 11.3. The number of esters is 1. The highest BCUT2D eigenvalue weighted by atomic mass is 32.2. The predicted octanol–water partition coefficient (Wildman–Crippen LogP) is 3.40. The van der Waals surface area contributed by atoms with E-state index in [0.717, 1.165) is 16.9 Å². The Morgan fingerprint density at radius 2 is 1.88 bits per heavy atom. The number of amides is 1. The Bertz CT molecular complexity index is 1240. The Morgan fingerprint density at radius 3 is 2.55 bits per heavy atom. The fourth-order valence-electron chi connectivity index (χ4n) is 2.91. The van der Waals surface area contributed by atoms with Gasteiger partial charge in [0.05, 0.1) is 13.7 Å². The van der Waals surface area contributed by atoms with Gasteiger partial charge in [-0.3, -0.25) is 10.1 Å². The summed E-state index contributed by atoms with van der Waals surface area (Å²) in [5.74, 6) is -1.05. The van der Waals surface area contributed by atoms with Crippen LogP contribution in [0.4, 0.5) is 5.13 Å². The van der Waals surface area contributed by atoms with Gasteiger partial charge >= 0.3 is 5.97 Å². The number of benzene rings is 2. The highest BCUT2D eigenvalue weighted by molar-refractivity contribution is 7.89. The Labute approximate surface area is 196 Å². The first-order valence-corrected chi connectivity index (χ1v) is 12.2. The number of hydrogen-bond donors (Lipinski definition) is 1. The summed E-state index contributed by atoms with van der Waals surface area (Å²) in [7, 11) is -1.15. The number of nitrogens with one attached hydrogen (secondary N) is 1. The summed E-state index contributed by atoms with van der Waals surface area (Å²) in [5, 5.41) is 4.23. The number of ether oxygens (including phenoxy) is 2. The molecule has 3 aromatic rings. The van der Waals surface area contributed by atoms with Crippen LogP contribution in [-0.2, 0) is 21.3 Å². The molecular formula is C22H23N3O6S2. The Hall–Kier alpha value is -3.28. The summed E-state index contributed by atoms with van der Waals surface area (Å²) in [6.07, 6.45) is 0. The molecule has 0 unspecified atom stereocenters. The van der Waals surface area contributed by atoms with Crippen molar-refractivity contribution in [1.82, 2.24) is 9.29 Å². The first-order chi connectivity index (χ1) is 15.8. The highest BCUT2D eigenvalue weighted by Gasteiger charge is 2.26. The SMILES string of the molecule is CCOC(=O)c1csc(NC(=O)c2ccc(OC)c(S(=O)(=O)N(C)Cc3ccccc3)c2)n1. The average Bonchev–Trinajstić information content (AvgIpc) is 3.28. The minimum absolute atomic E-state index is 0.0812. The lowest BCUT2D eigenvalue weighted by atomic mass is 10.2. The molecule has 2 aromatic carbocycles. The van der Waals surface area contributed by atoms with E-state index in [4.69, 9.17) is 9.47 Å². The molecule has 11 heteroatoms. The molecule has 0 aliphatic rings. The summed E-state index contributed by atoms with van der Waals surface area (Å²) in [6, 6.07) is 13.3. The highest BCUT2D eigenvalue weighted by Crippen LogP contribution is 2.29. The molecule has 9 nitrogen and oxygen atoms in total. The third-order valence-corrected chi connectivity index (χ3v) is 7.15. The number of hydrogen-bond acceptors (Lipinski definition) is 8. The first kappa shape index (κ1) is 24.4. The minimum atomic E-state index is -3.97. The first-order valence-electron chi connectivity index (χ1n) is 9.88. The number of rotatable bonds is 9. The van der Waals surface area contributed by atoms with Crippen LogP contribution >= 0.6 is 11.3 Å². The van der Waals surface area contributed by atoms with Crippen LogP contribution in [0.2, 0.25) is 0 Å². The van der Waals surface area contributed by atoms with Crippen LogP contribution in [0.15, 0.2) is 58.8 Å². The summed E-state index contributed by atoms with van der Waals surface area (Å²) in [4.78, 5) is 28.4. The number of methoxy groups -OCH3 is 1. The fourth-order valence-corrected chi connectivity index (χ4v) is 4.92. The molecule has 0 bridgehead atoms. The Kier molecular flexibility index (Phi) is 7.79. The molecule has 33 heavy (non-hydrogen) atoms. The predicted molar refractivity (Wildman–Crippen MR) is 124 cm³/mol. The number of carbonyl (C=O) groups is 2.